The van der Waals surface area contributed by atoms with Crippen LogP contribution >= 0.6 is 22.9 Å². The first-order chi connectivity index (χ1) is 13.5. The first kappa shape index (κ1) is 19.6. The molecule has 0 atom stereocenters. The zero-order valence-corrected chi connectivity index (χ0v) is 16.6. The lowest BCUT2D eigenvalue weighted by Gasteiger charge is -2.12. The highest BCUT2D eigenvalue weighted by Crippen LogP contribution is 2.34. The lowest BCUT2D eigenvalue weighted by molar-refractivity contribution is -0.132. The Kier molecular flexibility index (Phi) is 6.05. The second kappa shape index (κ2) is 8.66. The number of allylic oxidation sites excluding steroid dienone is 1. The third kappa shape index (κ3) is 4.20. The topological polar surface area (TPSA) is 63.0 Å². The van der Waals surface area contributed by atoms with Crippen LogP contribution in [0.2, 0.25) is 5.02 Å². The number of nitrogens with zero attached hydrogens (tertiary/aromatic N) is 2. The van der Waals surface area contributed by atoms with Crippen LogP contribution in [0.1, 0.15) is 17.5 Å². The molecule has 28 heavy (non-hydrogen) atoms. The van der Waals surface area contributed by atoms with Crippen molar-refractivity contribution in [2.24, 2.45) is 0 Å². The number of ether oxygens (including phenoxy) is 1. The molecule has 6 heteroatoms. The summed E-state index contributed by atoms with van der Waals surface area (Å²) in [7, 11) is 0. The SMILES string of the molecule is C=C(C)C(=O)OC(=C(C#N)c1nc(-c2ccccc2)cs1)c1ccccc1Cl. The third-order valence-corrected chi connectivity index (χ3v) is 4.98. The molecular formula is C22H15ClN2O2S. The molecule has 0 spiro atoms. The van der Waals surface area contributed by atoms with Crippen LogP contribution in [-0.2, 0) is 9.53 Å². The van der Waals surface area contributed by atoms with E-state index in [-0.39, 0.29) is 16.9 Å². The van der Waals surface area contributed by atoms with Crippen LogP contribution in [-0.4, -0.2) is 11.0 Å². The molecule has 3 rings (SSSR count). The van der Waals surface area contributed by atoms with Crippen molar-refractivity contribution in [1.82, 2.24) is 4.98 Å². The molecule has 0 fully saturated rings. The van der Waals surface area contributed by atoms with Crippen molar-refractivity contribution < 1.29 is 9.53 Å². The predicted octanol–water partition coefficient (Wildman–Crippen LogP) is 5.97. The van der Waals surface area contributed by atoms with Crippen LogP contribution in [0.5, 0.6) is 0 Å². The number of aromatic nitrogens is 1. The number of benzene rings is 2. The predicted molar refractivity (Wildman–Crippen MR) is 112 cm³/mol. The lowest BCUT2D eigenvalue weighted by atomic mass is 10.1. The Hall–Kier alpha value is -3.20. The molecule has 2 aromatic carbocycles. The smallest absolute Gasteiger partial charge is 0.338 e. The minimum absolute atomic E-state index is 0.0649. The van der Waals surface area contributed by atoms with Gasteiger partial charge in [0.15, 0.2) is 5.76 Å². The van der Waals surface area contributed by atoms with Gasteiger partial charge in [-0.2, -0.15) is 5.26 Å². The van der Waals surface area contributed by atoms with E-state index in [0.717, 1.165) is 11.3 Å². The van der Waals surface area contributed by atoms with Crippen molar-refractivity contribution in [3.63, 3.8) is 0 Å². The molecule has 0 aliphatic heterocycles. The maximum absolute atomic E-state index is 12.2. The van der Waals surface area contributed by atoms with E-state index in [1.807, 2.05) is 35.7 Å². The molecule has 0 aliphatic carbocycles. The minimum atomic E-state index is -0.637. The molecule has 0 radical (unpaired) electrons. The summed E-state index contributed by atoms with van der Waals surface area (Å²) in [6.45, 7) is 5.14. The number of thiazole rings is 1. The normalized spacial score (nSPS) is 11.3. The van der Waals surface area contributed by atoms with Crippen LogP contribution in [0.25, 0.3) is 22.6 Å². The molecule has 0 unspecified atom stereocenters. The standard InChI is InChI=1S/C22H15ClN2O2S/c1-14(2)22(26)27-20(16-10-6-7-11-18(16)23)17(12-24)21-25-19(13-28-21)15-8-4-3-5-9-15/h3-11,13H,1H2,2H3. The van der Waals surface area contributed by atoms with E-state index in [2.05, 4.69) is 17.6 Å². The van der Waals surface area contributed by atoms with E-state index >= 15 is 0 Å². The number of esters is 1. The molecule has 0 bridgehead atoms. The Morgan fingerprint density at radius 1 is 1.18 bits per heavy atom. The highest BCUT2D eigenvalue weighted by Gasteiger charge is 2.22. The summed E-state index contributed by atoms with van der Waals surface area (Å²) < 4.78 is 5.50. The van der Waals surface area contributed by atoms with E-state index in [1.165, 1.54) is 18.3 Å². The number of hydrogen-bond acceptors (Lipinski definition) is 5. The Morgan fingerprint density at radius 3 is 2.50 bits per heavy atom. The maximum atomic E-state index is 12.2. The second-order valence-corrected chi connectivity index (χ2v) is 7.13. The number of hydrogen-bond donors (Lipinski definition) is 0. The molecule has 0 saturated heterocycles. The summed E-state index contributed by atoms with van der Waals surface area (Å²) in [6.07, 6.45) is 0. The fraction of sp³-hybridized carbons (Fsp3) is 0.0455. The van der Waals surface area contributed by atoms with Crippen LogP contribution in [0.3, 0.4) is 0 Å². The first-order valence-electron chi connectivity index (χ1n) is 8.29. The van der Waals surface area contributed by atoms with E-state index in [4.69, 9.17) is 16.3 Å². The van der Waals surface area contributed by atoms with E-state index in [0.29, 0.717) is 15.6 Å². The number of rotatable bonds is 5. The van der Waals surface area contributed by atoms with Crippen LogP contribution in [0.4, 0.5) is 0 Å². The third-order valence-electron chi connectivity index (χ3n) is 3.79. The van der Waals surface area contributed by atoms with Crippen molar-refractivity contribution in [1.29, 1.82) is 5.26 Å². The van der Waals surface area contributed by atoms with Gasteiger partial charge >= 0.3 is 5.97 Å². The van der Waals surface area contributed by atoms with Gasteiger partial charge in [-0.15, -0.1) is 11.3 Å². The summed E-state index contributed by atoms with van der Waals surface area (Å²) in [6, 6.07) is 18.6. The van der Waals surface area contributed by atoms with Gasteiger partial charge in [-0.1, -0.05) is 60.6 Å². The van der Waals surface area contributed by atoms with Gasteiger partial charge in [-0.05, 0) is 19.1 Å². The van der Waals surface area contributed by atoms with Crippen molar-refractivity contribution in [3.05, 3.63) is 87.7 Å². The Balaban J connectivity index is 2.15. The second-order valence-electron chi connectivity index (χ2n) is 5.87. The van der Waals surface area contributed by atoms with Gasteiger partial charge in [0, 0.05) is 22.1 Å². The van der Waals surface area contributed by atoms with E-state index in [9.17, 15) is 10.1 Å². The first-order valence-corrected chi connectivity index (χ1v) is 9.55. The molecule has 4 nitrogen and oxygen atoms in total. The summed E-state index contributed by atoms with van der Waals surface area (Å²) in [5, 5.41) is 12.5. The Morgan fingerprint density at radius 2 is 1.86 bits per heavy atom. The highest BCUT2D eigenvalue weighted by atomic mass is 35.5. The fourth-order valence-electron chi connectivity index (χ4n) is 2.39. The zero-order valence-electron chi connectivity index (χ0n) is 15.0. The molecule has 1 aromatic heterocycles. The van der Waals surface area contributed by atoms with Crippen LogP contribution in [0, 0.1) is 11.3 Å². The molecule has 3 aromatic rings. The molecular weight excluding hydrogens is 392 g/mol. The Bertz CT molecular complexity index is 1110. The van der Waals surface area contributed by atoms with Gasteiger partial charge in [-0.25, -0.2) is 9.78 Å². The van der Waals surface area contributed by atoms with Gasteiger partial charge in [0.2, 0.25) is 0 Å². The molecule has 0 N–H and O–H groups in total. The van der Waals surface area contributed by atoms with Crippen molar-refractivity contribution in [2.45, 2.75) is 6.92 Å². The average molecular weight is 407 g/mol. The van der Waals surface area contributed by atoms with Gasteiger partial charge in [0.1, 0.15) is 16.6 Å². The Labute approximate surface area is 172 Å². The van der Waals surface area contributed by atoms with E-state index < -0.39 is 5.97 Å². The molecule has 0 saturated carbocycles. The quantitative estimate of drug-likeness (QED) is 0.226. The van der Waals surface area contributed by atoms with Crippen molar-refractivity contribution in [3.8, 4) is 17.3 Å². The number of halogens is 1. The van der Waals surface area contributed by atoms with E-state index in [1.54, 1.807) is 24.3 Å². The molecule has 0 amide bonds. The number of nitriles is 1. The monoisotopic (exact) mass is 406 g/mol. The largest absolute Gasteiger partial charge is 0.421 e. The maximum Gasteiger partial charge on any atom is 0.338 e. The van der Waals surface area contributed by atoms with Gasteiger partial charge < -0.3 is 4.74 Å². The fourth-order valence-corrected chi connectivity index (χ4v) is 3.43. The molecule has 1 heterocycles. The summed E-state index contributed by atoms with van der Waals surface area (Å²) in [5.74, 6) is -0.572. The van der Waals surface area contributed by atoms with Gasteiger partial charge in [-0.3, -0.25) is 0 Å². The highest BCUT2D eigenvalue weighted by molar-refractivity contribution is 7.11. The van der Waals surface area contributed by atoms with Crippen LogP contribution < -0.4 is 0 Å². The molecule has 138 valence electrons. The zero-order chi connectivity index (χ0) is 20.1. The number of carbonyl (C=O) groups is 1. The van der Waals surface area contributed by atoms with Crippen molar-refractivity contribution >= 4 is 40.2 Å². The van der Waals surface area contributed by atoms with Gasteiger partial charge in [0.05, 0.1) is 10.7 Å². The summed E-state index contributed by atoms with van der Waals surface area (Å²) >= 11 is 7.59. The van der Waals surface area contributed by atoms with Crippen molar-refractivity contribution in [2.75, 3.05) is 0 Å². The minimum Gasteiger partial charge on any atom is -0.421 e. The summed E-state index contributed by atoms with van der Waals surface area (Å²) in [5.41, 5.74) is 2.45. The van der Waals surface area contributed by atoms with Crippen LogP contribution in [0.15, 0.2) is 72.1 Å². The molecule has 0 aliphatic rings. The lowest BCUT2D eigenvalue weighted by Crippen LogP contribution is -2.06. The average Bonchev–Trinajstić information content (AvgIpc) is 3.18. The summed E-state index contributed by atoms with van der Waals surface area (Å²) in [4.78, 5) is 16.8. The number of carbonyl (C=O) groups excluding carboxylic acids is 1. The van der Waals surface area contributed by atoms with Gasteiger partial charge in [0.25, 0.3) is 0 Å².